The lowest BCUT2D eigenvalue weighted by Crippen LogP contribution is -2.42. The van der Waals surface area contributed by atoms with Gasteiger partial charge in [-0.2, -0.15) is 0 Å². The third kappa shape index (κ3) is 4.18. The van der Waals surface area contributed by atoms with E-state index in [9.17, 15) is 4.79 Å². The molecule has 0 N–H and O–H groups in total. The number of carbonyl (C=O) groups excluding carboxylic acids is 1. The van der Waals surface area contributed by atoms with Gasteiger partial charge in [-0.25, -0.2) is 9.97 Å². The molecule has 3 heterocycles. The minimum Gasteiger partial charge on any atom is -0.369 e. The Morgan fingerprint density at radius 1 is 1.00 bits per heavy atom. The number of aromatic nitrogens is 2. The molecule has 140 valence electrons. The second-order valence-electron chi connectivity index (χ2n) is 7.44. The molecule has 1 unspecified atom stereocenters. The van der Waals surface area contributed by atoms with Crippen molar-refractivity contribution in [1.82, 2.24) is 14.9 Å². The standard InChI is InChI=1S/C22H26N4O/c27-22-21(8-4-5-11-26(22)16-18-6-2-1-3-7-18)19-9-12-25(13-10-19)20-14-23-17-24-15-20/h1-7,14-15,17,19,21H,8-13,16H2. The topological polar surface area (TPSA) is 49.3 Å². The molecule has 0 bridgehead atoms. The molecule has 5 nitrogen and oxygen atoms in total. The Kier molecular flexibility index (Phi) is 5.47. The molecule has 2 aliphatic rings. The number of carbonyl (C=O) groups is 1. The van der Waals surface area contributed by atoms with E-state index >= 15 is 0 Å². The van der Waals surface area contributed by atoms with Crippen molar-refractivity contribution in [1.29, 1.82) is 0 Å². The predicted molar refractivity (Wildman–Crippen MR) is 106 cm³/mol. The van der Waals surface area contributed by atoms with Crippen LogP contribution in [0, 0.1) is 11.8 Å². The first-order valence-electron chi connectivity index (χ1n) is 9.79. The van der Waals surface area contributed by atoms with Gasteiger partial charge in [0.2, 0.25) is 5.91 Å². The lowest BCUT2D eigenvalue weighted by Gasteiger charge is -2.37. The Labute approximate surface area is 160 Å². The Balaban J connectivity index is 1.40. The third-order valence-corrected chi connectivity index (χ3v) is 5.75. The number of benzene rings is 1. The number of hydrogen-bond donors (Lipinski definition) is 0. The SMILES string of the molecule is O=C1C(C2CCN(c3cncnc3)CC2)CC=CCN1Cc1ccccc1. The predicted octanol–water partition coefficient (Wildman–Crippen LogP) is 3.30. The van der Waals surface area contributed by atoms with Crippen molar-refractivity contribution in [2.24, 2.45) is 11.8 Å². The first-order valence-corrected chi connectivity index (χ1v) is 9.79. The summed E-state index contributed by atoms with van der Waals surface area (Å²) >= 11 is 0. The van der Waals surface area contributed by atoms with Crippen molar-refractivity contribution < 1.29 is 4.79 Å². The largest absolute Gasteiger partial charge is 0.369 e. The Bertz CT molecular complexity index is 769. The Morgan fingerprint density at radius 2 is 1.74 bits per heavy atom. The number of allylic oxidation sites excluding steroid dienone is 1. The van der Waals surface area contributed by atoms with Gasteiger partial charge in [-0.05, 0) is 30.7 Å². The zero-order chi connectivity index (χ0) is 18.5. The van der Waals surface area contributed by atoms with Crippen LogP contribution < -0.4 is 4.90 Å². The summed E-state index contributed by atoms with van der Waals surface area (Å²) in [4.78, 5) is 25.8. The Hall–Kier alpha value is -2.69. The number of amides is 1. The van der Waals surface area contributed by atoms with Crippen molar-refractivity contribution in [2.75, 3.05) is 24.5 Å². The van der Waals surface area contributed by atoms with Gasteiger partial charge in [0.05, 0.1) is 18.1 Å². The van der Waals surface area contributed by atoms with E-state index in [2.05, 4.69) is 39.2 Å². The highest BCUT2D eigenvalue weighted by atomic mass is 16.2. The van der Waals surface area contributed by atoms with Crippen molar-refractivity contribution in [3.8, 4) is 0 Å². The maximum absolute atomic E-state index is 13.3. The van der Waals surface area contributed by atoms with E-state index in [-0.39, 0.29) is 5.92 Å². The summed E-state index contributed by atoms with van der Waals surface area (Å²) in [5.74, 6) is 0.853. The highest BCUT2D eigenvalue weighted by Crippen LogP contribution is 2.32. The van der Waals surface area contributed by atoms with Gasteiger partial charge in [-0.1, -0.05) is 42.5 Å². The fourth-order valence-corrected chi connectivity index (χ4v) is 4.22. The molecule has 1 amide bonds. The number of anilines is 1. The van der Waals surface area contributed by atoms with Crippen molar-refractivity contribution in [3.05, 3.63) is 66.8 Å². The molecule has 2 aromatic rings. The molecular formula is C22H26N4O. The van der Waals surface area contributed by atoms with E-state index in [1.807, 2.05) is 35.5 Å². The molecule has 0 aliphatic carbocycles. The average Bonchev–Trinajstić information content (AvgIpc) is 2.91. The van der Waals surface area contributed by atoms with E-state index in [4.69, 9.17) is 0 Å². The van der Waals surface area contributed by atoms with Crippen LogP contribution in [-0.2, 0) is 11.3 Å². The average molecular weight is 362 g/mol. The zero-order valence-electron chi connectivity index (χ0n) is 15.6. The normalized spacial score (nSPS) is 21.3. The third-order valence-electron chi connectivity index (χ3n) is 5.75. The molecule has 5 heteroatoms. The Morgan fingerprint density at radius 3 is 2.48 bits per heavy atom. The number of nitrogens with zero attached hydrogens (tertiary/aromatic N) is 4. The van der Waals surface area contributed by atoms with Gasteiger partial charge in [0.25, 0.3) is 0 Å². The summed E-state index contributed by atoms with van der Waals surface area (Å²) in [7, 11) is 0. The van der Waals surface area contributed by atoms with E-state index in [1.54, 1.807) is 6.33 Å². The monoisotopic (exact) mass is 362 g/mol. The minimum atomic E-state index is 0.0987. The summed E-state index contributed by atoms with van der Waals surface area (Å²) in [6.07, 6.45) is 12.6. The highest BCUT2D eigenvalue weighted by Gasteiger charge is 2.34. The molecule has 1 fully saturated rings. The molecule has 2 aliphatic heterocycles. The quantitative estimate of drug-likeness (QED) is 0.783. The summed E-state index contributed by atoms with van der Waals surface area (Å²) in [6, 6.07) is 10.3. The highest BCUT2D eigenvalue weighted by molar-refractivity contribution is 5.80. The molecule has 1 aromatic carbocycles. The number of rotatable bonds is 4. The summed E-state index contributed by atoms with van der Waals surface area (Å²) in [6.45, 7) is 3.33. The van der Waals surface area contributed by atoms with Crippen LogP contribution in [0.4, 0.5) is 5.69 Å². The molecule has 27 heavy (non-hydrogen) atoms. The van der Waals surface area contributed by atoms with Crippen LogP contribution in [-0.4, -0.2) is 40.4 Å². The molecule has 0 saturated carbocycles. The zero-order valence-corrected chi connectivity index (χ0v) is 15.6. The second kappa shape index (κ2) is 8.33. The first-order chi connectivity index (χ1) is 13.3. The molecule has 1 aromatic heterocycles. The minimum absolute atomic E-state index is 0.0987. The number of hydrogen-bond acceptors (Lipinski definition) is 4. The van der Waals surface area contributed by atoms with Crippen LogP contribution in [0.5, 0.6) is 0 Å². The number of piperidine rings is 1. The van der Waals surface area contributed by atoms with Gasteiger partial charge in [0.15, 0.2) is 0 Å². The van der Waals surface area contributed by atoms with Gasteiger partial charge in [-0.15, -0.1) is 0 Å². The van der Waals surface area contributed by atoms with E-state index in [0.717, 1.165) is 38.0 Å². The maximum Gasteiger partial charge on any atom is 0.226 e. The van der Waals surface area contributed by atoms with Crippen LogP contribution in [0.25, 0.3) is 0 Å². The second-order valence-corrected chi connectivity index (χ2v) is 7.44. The van der Waals surface area contributed by atoms with Gasteiger partial charge in [0, 0.05) is 32.1 Å². The lowest BCUT2D eigenvalue weighted by molar-refractivity contribution is -0.137. The smallest absolute Gasteiger partial charge is 0.226 e. The molecule has 1 atom stereocenters. The summed E-state index contributed by atoms with van der Waals surface area (Å²) in [5, 5.41) is 0. The molecule has 1 saturated heterocycles. The van der Waals surface area contributed by atoms with Crippen LogP contribution in [0.1, 0.15) is 24.8 Å². The van der Waals surface area contributed by atoms with Gasteiger partial charge >= 0.3 is 0 Å². The molecule has 4 rings (SSSR count). The molecule has 0 spiro atoms. The van der Waals surface area contributed by atoms with E-state index < -0.39 is 0 Å². The van der Waals surface area contributed by atoms with E-state index in [0.29, 0.717) is 24.9 Å². The van der Waals surface area contributed by atoms with Gasteiger partial charge < -0.3 is 9.80 Å². The molecular weight excluding hydrogens is 336 g/mol. The van der Waals surface area contributed by atoms with Crippen molar-refractivity contribution >= 4 is 11.6 Å². The summed E-state index contributed by atoms with van der Waals surface area (Å²) in [5.41, 5.74) is 2.27. The van der Waals surface area contributed by atoms with E-state index in [1.165, 1.54) is 5.56 Å². The fraction of sp³-hybridized carbons (Fsp3) is 0.409. The summed E-state index contributed by atoms with van der Waals surface area (Å²) < 4.78 is 0. The fourth-order valence-electron chi connectivity index (χ4n) is 4.22. The van der Waals surface area contributed by atoms with Gasteiger partial charge in [0.1, 0.15) is 6.33 Å². The lowest BCUT2D eigenvalue weighted by atomic mass is 9.81. The van der Waals surface area contributed by atoms with Crippen molar-refractivity contribution in [3.63, 3.8) is 0 Å². The van der Waals surface area contributed by atoms with Crippen LogP contribution >= 0.6 is 0 Å². The first kappa shape index (κ1) is 17.7. The van der Waals surface area contributed by atoms with Crippen LogP contribution in [0.15, 0.2) is 61.2 Å². The van der Waals surface area contributed by atoms with Crippen molar-refractivity contribution in [2.45, 2.75) is 25.8 Å². The molecule has 0 radical (unpaired) electrons. The van der Waals surface area contributed by atoms with Crippen LogP contribution in [0.3, 0.4) is 0 Å². The van der Waals surface area contributed by atoms with Crippen LogP contribution in [0.2, 0.25) is 0 Å². The van der Waals surface area contributed by atoms with Gasteiger partial charge in [-0.3, -0.25) is 4.79 Å². The maximum atomic E-state index is 13.3.